The van der Waals surface area contributed by atoms with Crippen LogP contribution >= 0.6 is 0 Å². The fourth-order valence-corrected chi connectivity index (χ4v) is 6.51. The van der Waals surface area contributed by atoms with E-state index in [9.17, 15) is 9.90 Å². The van der Waals surface area contributed by atoms with Gasteiger partial charge in [0, 0.05) is 37.0 Å². The second-order valence-electron chi connectivity index (χ2n) is 10.5. The lowest BCUT2D eigenvalue weighted by atomic mass is 9.63. The summed E-state index contributed by atoms with van der Waals surface area (Å²) >= 11 is 0. The van der Waals surface area contributed by atoms with Crippen LogP contribution < -0.4 is 0 Å². The standard InChI is InChI=1S/C29H36O5/c1-2-3-7-13-28(14-8-15-28)26(30)12-11-23-24-20-29(32-16-17-33-29)19-22(24)18-25(23)34-27(31)21-9-5-4-6-10-21/h4-6,9-12,22-26,30H,2,8,13-20H2,1H3/b12-11+/t22-,23-,24+,25-,26-/m1/s1. The molecule has 0 amide bonds. The monoisotopic (exact) mass is 464 g/mol. The summed E-state index contributed by atoms with van der Waals surface area (Å²) in [5, 5.41) is 11.2. The molecule has 0 radical (unpaired) electrons. The highest BCUT2D eigenvalue weighted by Crippen LogP contribution is 2.56. The van der Waals surface area contributed by atoms with Crippen LogP contribution in [0.25, 0.3) is 0 Å². The highest BCUT2D eigenvalue weighted by atomic mass is 16.7. The summed E-state index contributed by atoms with van der Waals surface area (Å²) in [7, 11) is 0. The fraction of sp³-hybridized carbons (Fsp3) is 0.621. The molecule has 3 saturated carbocycles. The van der Waals surface area contributed by atoms with Gasteiger partial charge in [-0.15, -0.1) is 11.8 Å². The first kappa shape index (κ1) is 23.6. The normalized spacial score (nSPS) is 31.6. The van der Waals surface area contributed by atoms with Crippen molar-refractivity contribution in [1.29, 1.82) is 0 Å². The summed E-state index contributed by atoms with van der Waals surface area (Å²) in [5.74, 6) is 6.40. The molecule has 4 aliphatic rings. The van der Waals surface area contributed by atoms with E-state index in [1.54, 1.807) is 12.1 Å². The average Bonchev–Trinajstić information content (AvgIpc) is 3.50. The molecule has 5 rings (SSSR count). The number of hydrogen-bond acceptors (Lipinski definition) is 5. The SMILES string of the molecule is CCC#CCC1([C@H](O)/C=C/[C@@H]2[C@H]3CC4(C[C@H]3C[C@H]2OC(=O)c2ccccc2)OCCO4)CCC1. The van der Waals surface area contributed by atoms with Crippen LogP contribution in [0.3, 0.4) is 0 Å². The Labute approximate surface area is 202 Å². The van der Waals surface area contributed by atoms with Gasteiger partial charge in [0.15, 0.2) is 5.79 Å². The van der Waals surface area contributed by atoms with Gasteiger partial charge in [0.05, 0.1) is 24.9 Å². The van der Waals surface area contributed by atoms with E-state index in [4.69, 9.17) is 14.2 Å². The molecular weight excluding hydrogens is 428 g/mol. The van der Waals surface area contributed by atoms with Gasteiger partial charge in [0.1, 0.15) is 6.10 Å². The lowest BCUT2D eigenvalue weighted by molar-refractivity contribution is -0.157. The van der Waals surface area contributed by atoms with Gasteiger partial charge >= 0.3 is 5.97 Å². The molecule has 5 heteroatoms. The second-order valence-corrected chi connectivity index (χ2v) is 10.5. The van der Waals surface area contributed by atoms with Crippen molar-refractivity contribution in [3.8, 4) is 11.8 Å². The van der Waals surface area contributed by atoms with Crippen LogP contribution in [0.5, 0.6) is 0 Å². The molecule has 34 heavy (non-hydrogen) atoms. The first-order chi connectivity index (χ1) is 16.5. The molecule has 1 aliphatic heterocycles. The van der Waals surface area contributed by atoms with Gasteiger partial charge in [0.2, 0.25) is 0 Å². The molecule has 3 aliphatic carbocycles. The molecule has 5 atom stereocenters. The van der Waals surface area contributed by atoms with Crippen molar-refractivity contribution < 1.29 is 24.1 Å². The zero-order valence-corrected chi connectivity index (χ0v) is 20.1. The van der Waals surface area contributed by atoms with Crippen LogP contribution in [0.2, 0.25) is 0 Å². The van der Waals surface area contributed by atoms with Gasteiger partial charge in [0.25, 0.3) is 0 Å². The van der Waals surface area contributed by atoms with Crippen LogP contribution in [-0.4, -0.2) is 42.3 Å². The van der Waals surface area contributed by atoms with E-state index in [1.165, 1.54) is 0 Å². The molecule has 4 fully saturated rings. The lowest BCUT2D eigenvalue weighted by Crippen LogP contribution is -2.40. The number of rotatable bonds is 6. The van der Waals surface area contributed by atoms with Crippen LogP contribution in [0.15, 0.2) is 42.5 Å². The van der Waals surface area contributed by atoms with Gasteiger partial charge in [-0.2, -0.15) is 0 Å². The van der Waals surface area contributed by atoms with E-state index in [1.807, 2.05) is 24.3 Å². The predicted octanol–water partition coefficient (Wildman–Crippen LogP) is 4.89. The summed E-state index contributed by atoms with van der Waals surface area (Å²) in [6.07, 6.45) is 10.5. The predicted molar refractivity (Wildman–Crippen MR) is 129 cm³/mol. The maximum atomic E-state index is 12.9. The largest absolute Gasteiger partial charge is 0.458 e. The Bertz CT molecular complexity index is 948. The summed E-state index contributed by atoms with van der Waals surface area (Å²) in [4.78, 5) is 12.9. The third-order valence-electron chi connectivity index (χ3n) is 8.50. The highest BCUT2D eigenvalue weighted by molar-refractivity contribution is 5.89. The highest BCUT2D eigenvalue weighted by Gasteiger charge is 2.57. The Morgan fingerprint density at radius 3 is 2.65 bits per heavy atom. The third kappa shape index (κ3) is 4.56. The summed E-state index contributed by atoms with van der Waals surface area (Å²) in [6, 6.07) is 9.18. The Hall–Kier alpha value is -2.13. The molecule has 1 N–H and O–H groups in total. The molecule has 0 bridgehead atoms. The van der Waals surface area contributed by atoms with Crippen molar-refractivity contribution in [3.05, 3.63) is 48.0 Å². The van der Waals surface area contributed by atoms with Crippen molar-refractivity contribution in [1.82, 2.24) is 0 Å². The van der Waals surface area contributed by atoms with Gasteiger partial charge in [-0.05, 0) is 43.2 Å². The van der Waals surface area contributed by atoms with E-state index in [-0.39, 0.29) is 23.4 Å². The van der Waals surface area contributed by atoms with Gasteiger partial charge < -0.3 is 19.3 Å². The number of carbonyl (C=O) groups excluding carboxylic acids is 1. The molecule has 5 nitrogen and oxygen atoms in total. The maximum absolute atomic E-state index is 12.9. The van der Waals surface area contributed by atoms with E-state index in [2.05, 4.69) is 24.8 Å². The number of aliphatic hydroxyl groups excluding tert-OH is 1. The van der Waals surface area contributed by atoms with Crippen molar-refractivity contribution in [2.45, 2.75) is 76.3 Å². The molecule has 0 unspecified atom stereocenters. The minimum absolute atomic E-state index is 0.0401. The lowest BCUT2D eigenvalue weighted by Gasteiger charge is -2.43. The second kappa shape index (κ2) is 9.85. The van der Waals surface area contributed by atoms with Gasteiger partial charge in [-0.3, -0.25) is 0 Å². The van der Waals surface area contributed by atoms with E-state index in [0.29, 0.717) is 30.6 Å². The van der Waals surface area contributed by atoms with E-state index >= 15 is 0 Å². The van der Waals surface area contributed by atoms with Crippen molar-refractivity contribution in [2.24, 2.45) is 23.2 Å². The molecule has 1 aromatic carbocycles. The summed E-state index contributed by atoms with van der Waals surface area (Å²) in [5.41, 5.74) is 0.436. The topological polar surface area (TPSA) is 65.0 Å². The van der Waals surface area contributed by atoms with Crippen molar-refractivity contribution in [2.75, 3.05) is 13.2 Å². The Kier molecular flexibility index (Phi) is 6.84. The minimum Gasteiger partial charge on any atom is -0.458 e. The molecular formula is C29H36O5. The minimum atomic E-state index is -0.536. The number of benzene rings is 1. The van der Waals surface area contributed by atoms with Crippen molar-refractivity contribution >= 4 is 5.97 Å². The molecule has 182 valence electrons. The van der Waals surface area contributed by atoms with E-state index in [0.717, 1.165) is 51.4 Å². The van der Waals surface area contributed by atoms with Crippen LogP contribution in [0, 0.1) is 35.0 Å². The molecule has 1 saturated heterocycles. The number of fused-ring (bicyclic) bond motifs is 1. The van der Waals surface area contributed by atoms with Gasteiger partial charge in [-0.25, -0.2) is 4.79 Å². The number of ether oxygens (including phenoxy) is 3. The first-order valence-electron chi connectivity index (χ1n) is 12.9. The molecule has 0 aromatic heterocycles. The zero-order valence-electron chi connectivity index (χ0n) is 20.1. The number of aliphatic hydroxyl groups is 1. The Morgan fingerprint density at radius 1 is 1.21 bits per heavy atom. The quantitative estimate of drug-likeness (QED) is 0.369. The molecule has 1 aromatic rings. The van der Waals surface area contributed by atoms with E-state index < -0.39 is 11.9 Å². The molecule has 1 heterocycles. The maximum Gasteiger partial charge on any atom is 0.338 e. The van der Waals surface area contributed by atoms with Crippen LogP contribution in [-0.2, 0) is 14.2 Å². The zero-order chi connectivity index (χ0) is 23.6. The molecule has 1 spiro atoms. The number of hydrogen-bond donors (Lipinski definition) is 1. The Balaban J connectivity index is 1.33. The summed E-state index contributed by atoms with van der Waals surface area (Å²) < 4.78 is 18.1. The first-order valence-corrected chi connectivity index (χ1v) is 12.9. The van der Waals surface area contributed by atoms with Gasteiger partial charge in [-0.1, -0.05) is 43.7 Å². The average molecular weight is 465 g/mol. The smallest absolute Gasteiger partial charge is 0.338 e. The fourth-order valence-electron chi connectivity index (χ4n) is 6.51. The van der Waals surface area contributed by atoms with Crippen molar-refractivity contribution in [3.63, 3.8) is 0 Å². The Morgan fingerprint density at radius 2 is 1.97 bits per heavy atom. The van der Waals surface area contributed by atoms with Crippen LogP contribution in [0.4, 0.5) is 0 Å². The summed E-state index contributed by atoms with van der Waals surface area (Å²) in [6.45, 7) is 3.34. The third-order valence-corrected chi connectivity index (χ3v) is 8.50. The number of esters is 1. The van der Waals surface area contributed by atoms with Crippen LogP contribution in [0.1, 0.15) is 68.6 Å². The number of carbonyl (C=O) groups is 1.